The molecule has 4 aromatic rings. The normalized spacial score (nSPS) is 10.8. The summed E-state index contributed by atoms with van der Waals surface area (Å²) < 4.78 is 12.7. The Hall–Kier alpha value is -3.80. The average Bonchev–Trinajstić information content (AvgIpc) is 3.14. The number of hydrogen-bond acceptors (Lipinski definition) is 4. The van der Waals surface area contributed by atoms with Gasteiger partial charge in [-0.05, 0) is 55.3 Å². The molecule has 0 atom stereocenters. The number of benzene rings is 3. The van der Waals surface area contributed by atoms with Crippen LogP contribution in [-0.4, -0.2) is 29.7 Å². The minimum Gasteiger partial charge on any atom is -0.493 e. The first-order valence-electron chi connectivity index (χ1n) is 10.1. The largest absolute Gasteiger partial charge is 0.493 e. The van der Waals surface area contributed by atoms with Gasteiger partial charge in [-0.25, -0.2) is 4.98 Å². The van der Waals surface area contributed by atoms with Gasteiger partial charge in [0.15, 0.2) is 11.5 Å². The number of imidazole rings is 1. The van der Waals surface area contributed by atoms with E-state index in [9.17, 15) is 4.79 Å². The SMILES string of the molecule is COc1ccc(-c2nc3ccccc3n2CC(=O)Nc2c(C)cccc2C)cc1OC. The van der Waals surface area contributed by atoms with Crippen molar-refractivity contribution in [2.24, 2.45) is 0 Å². The molecule has 0 aliphatic rings. The summed E-state index contributed by atoms with van der Waals surface area (Å²) in [5, 5.41) is 3.07. The zero-order chi connectivity index (χ0) is 22.0. The number of amides is 1. The predicted octanol–water partition coefficient (Wildman–Crippen LogP) is 4.98. The van der Waals surface area contributed by atoms with Crippen LogP contribution in [0.2, 0.25) is 0 Å². The summed E-state index contributed by atoms with van der Waals surface area (Å²) in [6.07, 6.45) is 0. The molecule has 0 spiro atoms. The topological polar surface area (TPSA) is 65.4 Å². The summed E-state index contributed by atoms with van der Waals surface area (Å²) in [4.78, 5) is 17.8. The third-order valence-electron chi connectivity index (χ3n) is 5.34. The number of aryl methyl sites for hydroxylation is 2. The number of aromatic nitrogens is 2. The van der Waals surface area contributed by atoms with Crippen LogP contribution >= 0.6 is 0 Å². The Morgan fingerprint density at radius 3 is 2.35 bits per heavy atom. The van der Waals surface area contributed by atoms with E-state index in [2.05, 4.69) is 5.32 Å². The molecule has 0 unspecified atom stereocenters. The third kappa shape index (κ3) is 3.97. The maximum Gasteiger partial charge on any atom is 0.244 e. The highest BCUT2D eigenvalue weighted by molar-refractivity contribution is 5.94. The number of ether oxygens (including phenoxy) is 2. The lowest BCUT2D eigenvalue weighted by Crippen LogP contribution is -2.20. The fourth-order valence-electron chi connectivity index (χ4n) is 3.77. The second-order valence-electron chi connectivity index (χ2n) is 7.40. The first-order valence-corrected chi connectivity index (χ1v) is 10.1. The van der Waals surface area contributed by atoms with Crippen LogP contribution in [0.15, 0.2) is 60.7 Å². The van der Waals surface area contributed by atoms with E-state index in [0.717, 1.165) is 33.4 Å². The van der Waals surface area contributed by atoms with Gasteiger partial charge in [0.25, 0.3) is 0 Å². The fourth-order valence-corrected chi connectivity index (χ4v) is 3.77. The molecule has 0 saturated heterocycles. The molecular weight excluding hydrogens is 390 g/mol. The van der Waals surface area contributed by atoms with Gasteiger partial charge in [-0.3, -0.25) is 4.79 Å². The molecule has 0 saturated carbocycles. The Balaban J connectivity index is 1.75. The van der Waals surface area contributed by atoms with Crippen LogP contribution < -0.4 is 14.8 Å². The van der Waals surface area contributed by atoms with Crippen LogP contribution in [0.3, 0.4) is 0 Å². The summed E-state index contributed by atoms with van der Waals surface area (Å²) in [7, 11) is 3.20. The van der Waals surface area contributed by atoms with E-state index in [1.54, 1.807) is 14.2 Å². The minimum absolute atomic E-state index is 0.109. The summed E-state index contributed by atoms with van der Waals surface area (Å²) in [6.45, 7) is 4.12. The highest BCUT2D eigenvalue weighted by Crippen LogP contribution is 2.33. The molecule has 158 valence electrons. The van der Waals surface area contributed by atoms with Gasteiger partial charge >= 0.3 is 0 Å². The Labute approximate surface area is 181 Å². The molecule has 1 amide bonds. The standard InChI is InChI=1S/C25H25N3O3/c1-16-8-7-9-17(2)24(16)27-23(29)15-28-20-11-6-5-10-19(20)26-25(28)18-12-13-21(30-3)22(14-18)31-4/h5-14H,15H2,1-4H3,(H,27,29). The monoisotopic (exact) mass is 415 g/mol. The van der Waals surface area contributed by atoms with Gasteiger partial charge < -0.3 is 19.4 Å². The number of anilines is 1. The number of rotatable bonds is 6. The van der Waals surface area contributed by atoms with Crippen molar-refractivity contribution in [2.45, 2.75) is 20.4 Å². The zero-order valence-electron chi connectivity index (χ0n) is 18.1. The Morgan fingerprint density at radius 1 is 0.935 bits per heavy atom. The van der Waals surface area contributed by atoms with Crippen LogP contribution in [0.25, 0.3) is 22.4 Å². The van der Waals surface area contributed by atoms with E-state index in [0.29, 0.717) is 17.3 Å². The van der Waals surface area contributed by atoms with Crippen LogP contribution in [0.4, 0.5) is 5.69 Å². The van der Waals surface area contributed by atoms with E-state index >= 15 is 0 Å². The van der Waals surface area contributed by atoms with E-state index < -0.39 is 0 Å². The lowest BCUT2D eigenvalue weighted by atomic mass is 10.1. The van der Waals surface area contributed by atoms with Crippen molar-refractivity contribution in [1.82, 2.24) is 9.55 Å². The summed E-state index contributed by atoms with van der Waals surface area (Å²) in [5.74, 6) is 1.83. The van der Waals surface area contributed by atoms with Crippen LogP contribution in [-0.2, 0) is 11.3 Å². The molecule has 0 radical (unpaired) electrons. The molecule has 0 aliphatic carbocycles. The highest BCUT2D eigenvalue weighted by Gasteiger charge is 2.17. The van der Waals surface area contributed by atoms with E-state index in [1.807, 2.05) is 79.1 Å². The maximum absolute atomic E-state index is 13.0. The van der Waals surface area contributed by atoms with Crippen LogP contribution in [0.5, 0.6) is 11.5 Å². The van der Waals surface area contributed by atoms with Crippen molar-refractivity contribution in [3.05, 3.63) is 71.8 Å². The Bertz CT molecular complexity index is 1240. The minimum atomic E-state index is -0.109. The fraction of sp³-hybridized carbons (Fsp3) is 0.200. The summed E-state index contributed by atoms with van der Waals surface area (Å²) >= 11 is 0. The van der Waals surface area contributed by atoms with Crippen LogP contribution in [0.1, 0.15) is 11.1 Å². The van der Waals surface area contributed by atoms with Gasteiger partial charge in [0.05, 0.1) is 25.3 Å². The van der Waals surface area contributed by atoms with Crippen molar-refractivity contribution in [3.8, 4) is 22.9 Å². The molecule has 31 heavy (non-hydrogen) atoms. The van der Waals surface area contributed by atoms with Crippen LogP contribution in [0, 0.1) is 13.8 Å². The number of methoxy groups -OCH3 is 2. The lowest BCUT2D eigenvalue weighted by molar-refractivity contribution is -0.116. The number of carbonyl (C=O) groups is 1. The van der Waals surface area contributed by atoms with Crippen molar-refractivity contribution in [2.75, 3.05) is 19.5 Å². The zero-order valence-corrected chi connectivity index (χ0v) is 18.1. The van der Waals surface area contributed by atoms with Gasteiger partial charge in [0.2, 0.25) is 5.91 Å². The average molecular weight is 415 g/mol. The van der Waals surface area contributed by atoms with E-state index in [-0.39, 0.29) is 12.5 Å². The quantitative estimate of drug-likeness (QED) is 0.483. The van der Waals surface area contributed by atoms with Gasteiger partial charge in [-0.15, -0.1) is 0 Å². The van der Waals surface area contributed by atoms with Gasteiger partial charge in [-0.1, -0.05) is 30.3 Å². The van der Waals surface area contributed by atoms with Crippen molar-refractivity contribution < 1.29 is 14.3 Å². The summed E-state index contributed by atoms with van der Waals surface area (Å²) in [6, 6.07) is 19.4. The second kappa shape index (κ2) is 8.52. The molecule has 6 nitrogen and oxygen atoms in total. The Morgan fingerprint density at radius 2 is 1.65 bits per heavy atom. The third-order valence-corrected chi connectivity index (χ3v) is 5.34. The molecule has 4 rings (SSSR count). The molecule has 6 heteroatoms. The first kappa shape index (κ1) is 20.5. The predicted molar refractivity (Wildman–Crippen MR) is 123 cm³/mol. The number of nitrogens with zero attached hydrogens (tertiary/aromatic N) is 2. The number of carbonyl (C=O) groups excluding carboxylic acids is 1. The first-order chi connectivity index (χ1) is 15.0. The van der Waals surface area contributed by atoms with Gasteiger partial charge in [-0.2, -0.15) is 0 Å². The highest BCUT2D eigenvalue weighted by atomic mass is 16.5. The molecule has 1 aromatic heterocycles. The molecular formula is C25H25N3O3. The summed E-state index contributed by atoms with van der Waals surface area (Å²) in [5.41, 5.74) is 5.47. The molecule has 0 bridgehead atoms. The van der Waals surface area contributed by atoms with Crippen molar-refractivity contribution >= 4 is 22.6 Å². The molecule has 1 N–H and O–H groups in total. The molecule has 0 aliphatic heterocycles. The van der Waals surface area contributed by atoms with E-state index in [4.69, 9.17) is 14.5 Å². The second-order valence-corrected chi connectivity index (χ2v) is 7.40. The van der Waals surface area contributed by atoms with Crippen molar-refractivity contribution in [1.29, 1.82) is 0 Å². The number of nitrogens with one attached hydrogen (secondary N) is 1. The Kier molecular flexibility index (Phi) is 5.62. The maximum atomic E-state index is 13.0. The number of fused-ring (bicyclic) bond motifs is 1. The van der Waals surface area contributed by atoms with Gasteiger partial charge in [0.1, 0.15) is 12.4 Å². The molecule has 3 aromatic carbocycles. The number of hydrogen-bond donors (Lipinski definition) is 1. The van der Waals surface area contributed by atoms with Crippen molar-refractivity contribution in [3.63, 3.8) is 0 Å². The smallest absolute Gasteiger partial charge is 0.244 e. The lowest BCUT2D eigenvalue weighted by Gasteiger charge is -2.14. The number of para-hydroxylation sites is 3. The molecule has 1 heterocycles. The van der Waals surface area contributed by atoms with Gasteiger partial charge in [0, 0.05) is 11.3 Å². The van der Waals surface area contributed by atoms with E-state index in [1.165, 1.54) is 0 Å². The molecule has 0 fully saturated rings.